The lowest BCUT2D eigenvalue weighted by molar-refractivity contribution is -0.136. The fraction of sp³-hybridized carbons (Fsp3) is 1.00. The Labute approximate surface area is 106 Å². The van der Waals surface area contributed by atoms with Crippen molar-refractivity contribution in [1.82, 2.24) is 10.2 Å². The van der Waals surface area contributed by atoms with E-state index in [0.29, 0.717) is 0 Å². The highest BCUT2D eigenvalue weighted by Crippen LogP contribution is 2.31. The standard InChI is InChI=1S/C14H28N2O/c1-5-16-7-6-12(9-16)8-14(4)15-10-13(2,3)11-17-14/h12,15H,5-11H2,1-4H3. The molecule has 0 radical (unpaired) electrons. The van der Waals surface area contributed by atoms with Crippen molar-refractivity contribution in [2.75, 3.05) is 32.8 Å². The van der Waals surface area contributed by atoms with Crippen LogP contribution in [-0.2, 0) is 4.74 Å². The van der Waals surface area contributed by atoms with Crippen molar-refractivity contribution >= 4 is 0 Å². The molecule has 0 aromatic carbocycles. The van der Waals surface area contributed by atoms with Gasteiger partial charge in [-0.25, -0.2) is 0 Å². The molecule has 0 aromatic rings. The first kappa shape index (κ1) is 13.3. The monoisotopic (exact) mass is 240 g/mol. The molecule has 3 heteroatoms. The van der Waals surface area contributed by atoms with Crippen molar-refractivity contribution in [3.8, 4) is 0 Å². The molecule has 17 heavy (non-hydrogen) atoms. The third-order valence-corrected chi connectivity index (χ3v) is 4.22. The molecule has 3 nitrogen and oxygen atoms in total. The van der Waals surface area contributed by atoms with E-state index in [4.69, 9.17) is 4.74 Å². The minimum atomic E-state index is -0.0933. The molecule has 2 heterocycles. The predicted octanol–water partition coefficient (Wildman–Crippen LogP) is 2.08. The zero-order valence-corrected chi connectivity index (χ0v) is 11.9. The van der Waals surface area contributed by atoms with Crippen molar-refractivity contribution in [3.05, 3.63) is 0 Å². The molecule has 0 aliphatic carbocycles. The number of hydrogen-bond donors (Lipinski definition) is 1. The maximum atomic E-state index is 6.08. The van der Waals surface area contributed by atoms with Crippen LogP contribution in [0.1, 0.15) is 40.5 Å². The van der Waals surface area contributed by atoms with Gasteiger partial charge in [-0.1, -0.05) is 20.8 Å². The summed E-state index contributed by atoms with van der Waals surface area (Å²) < 4.78 is 6.08. The molecule has 1 N–H and O–H groups in total. The Kier molecular flexibility index (Phi) is 3.81. The number of nitrogens with zero attached hydrogens (tertiary/aromatic N) is 1. The number of likely N-dealkylation sites (tertiary alicyclic amines) is 1. The summed E-state index contributed by atoms with van der Waals surface area (Å²) in [5.74, 6) is 0.800. The largest absolute Gasteiger partial charge is 0.360 e. The van der Waals surface area contributed by atoms with E-state index in [1.165, 1.54) is 26.1 Å². The molecule has 2 atom stereocenters. The smallest absolute Gasteiger partial charge is 0.116 e. The first-order valence-corrected chi connectivity index (χ1v) is 7.04. The highest BCUT2D eigenvalue weighted by molar-refractivity contribution is 4.88. The van der Waals surface area contributed by atoms with Crippen molar-refractivity contribution in [2.45, 2.75) is 46.3 Å². The van der Waals surface area contributed by atoms with Gasteiger partial charge in [-0.15, -0.1) is 0 Å². The second-order valence-electron chi connectivity index (χ2n) is 6.79. The molecule has 0 amide bonds. The number of hydrogen-bond acceptors (Lipinski definition) is 3. The fourth-order valence-electron chi connectivity index (χ4n) is 2.93. The minimum Gasteiger partial charge on any atom is -0.360 e. The lowest BCUT2D eigenvalue weighted by Gasteiger charge is -2.43. The summed E-state index contributed by atoms with van der Waals surface area (Å²) in [4.78, 5) is 2.54. The Balaban J connectivity index is 1.83. The summed E-state index contributed by atoms with van der Waals surface area (Å²) >= 11 is 0. The highest BCUT2D eigenvalue weighted by Gasteiger charge is 2.38. The van der Waals surface area contributed by atoms with Crippen molar-refractivity contribution in [3.63, 3.8) is 0 Å². The zero-order chi connectivity index (χ0) is 12.5. The third kappa shape index (κ3) is 3.43. The summed E-state index contributed by atoms with van der Waals surface area (Å²) in [7, 11) is 0. The van der Waals surface area contributed by atoms with Gasteiger partial charge in [0.05, 0.1) is 6.61 Å². The van der Waals surface area contributed by atoms with E-state index in [0.717, 1.165) is 25.5 Å². The molecule has 100 valence electrons. The lowest BCUT2D eigenvalue weighted by atomic mass is 9.89. The molecular weight excluding hydrogens is 212 g/mol. The van der Waals surface area contributed by atoms with Gasteiger partial charge in [0.25, 0.3) is 0 Å². The van der Waals surface area contributed by atoms with Crippen LogP contribution in [0.5, 0.6) is 0 Å². The van der Waals surface area contributed by atoms with Crippen LogP contribution in [0.25, 0.3) is 0 Å². The van der Waals surface area contributed by atoms with Gasteiger partial charge < -0.3 is 9.64 Å². The zero-order valence-electron chi connectivity index (χ0n) is 11.9. The van der Waals surface area contributed by atoms with Gasteiger partial charge in [-0.05, 0) is 38.8 Å². The first-order chi connectivity index (χ1) is 7.92. The van der Waals surface area contributed by atoms with Crippen LogP contribution in [-0.4, -0.2) is 43.4 Å². The second-order valence-corrected chi connectivity index (χ2v) is 6.79. The Hall–Kier alpha value is -0.120. The van der Waals surface area contributed by atoms with E-state index < -0.39 is 0 Å². The molecule has 2 aliphatic heterocycles. The average Bonchev–Trinajstić information content (AvgIpc) is 2.71. The van der Waals surface area contributed by atoms with Gasteiger partial charge in [0, 0.05) is 18.5 Å². The van der Waals surface area contributed by atoms with Gasteiger partial charge in [-0.3, -0.25) is 5.32 Å². The van der Waals surface area contributed by atoms with Crippen molar-refractivity contribution in [2.24, 2.45) is 11.3 Å². The van der Waals surface area contributed by atoms with E-state index in [1.807, 2.05) is 0 Å². The molecular formula is C14H28N2O. The number of nitrogens with one attached hydrogen (secondary N) is 1. The molecule has 2 fully saturated rings. The maximum Gasteiger partial charge on any atom is 0.116 e. The predicted molar refractivity (Wildman–Crippen MR) is 71.0 cm³/mol. The van der Waals surface area contributed by atoms with E-state index in [1.54, 1.807) is 0 Å². The summed E-state index contributed by atoms with van der Waals surface area (Å²) in [6, 6.07) is 0. The summed E-state index contributed by atoms with van der Waals surface area (Å²) in [5.41, 5.74) is 0.189. The van der Waals surface area contributed by atoms with Crippen LogP contribution >= 0.6 is 0 Å². The van der Waals surface area contributed by atoms with Crippen LogP contribution in [0, 0.1) is 11.3 Å². The molecule has 2 rings (SSSR count). The lowest BCUT2D eigenvalue weighted by Crippen LogP contribution is -2.56. The van der Waals surface area contributed by atoms with Crippen molar-refractivity contribution < 1.29 is 4.74 Å². The van der Waals surface area contributed by atoms with Crippen LogP contribution in [0.2, 0.25) is 0 Å². The van der Waals surface area contributed by atoms with Crippen LogP contribution in [0.3, 0.4) is 0 Å². The Morgan fingerprint density at radius 2 is 2.12 bits per heavy atom. The molecule has 0 spiro atoms. The van der Waals surface area contributed by atoms with E-state index in [9.17, 15) is 0 Å². The summed E-state index contributed by atoms with van der Waals surface area (Å²) in [6.45, 7) is 14.6. The second kappa shape index (κ2) is 4.87. The van der Waals surface area contributed by atoms with E-state index >= 15 is 0 Å². The molecule has 0 saturated carbocycles. The number of rotatable bonds is 3. The van der Waals surface area contributed by atoms with Gasteiger partial charge in [0.15, 0.2) is 0 Å². The highest BCUT2D eigenvalue weighted by atomic mass is 16.5. The Morgan fingerprint density at radius 3 is 2.65 bits per heavy atom. The van der Waals surface area contributed by atoms with Gasteiger partial charge in [0.2, 0.25) is 0 Å². The minimum absolute atomic E-state index is 0.0933. The molecule has 2 saturated heterocycles. The van der Waals surface area contributed by atoms with Crippen LogP contribution < -0.4 is 5.32 Å². The molecule has 0 aromatic heterocycles. The third-order valence-electron chi connectivity index (χ3n) is 4.22. The normalized spacial score (nSPS) is 38.5. The van der Waals surface area contributed by atoms with Crippen LogP contribution in [0.4, 0.5) is 0 Å². The van der Waals surface area contributed by atoms with Crippen molar-refractivity contribution in [1.29, 1.82) is 0 Å². The van der Waals surface area contributed by atoms with E-state index in [-0.39, 0.29) is 11.1 Å². The van der Waals surface area contributed by atoms with Gasteiger partial charge in [-0.2, -0.15) is 0 Å². The average molecular weight is 240 g/mol. The maximum absolute atomic E-state index is 6.08. The van der Waals surface area contributed by atoms with Gasteiger partial charge >= 0.3 is 0 Å². The Morgan fingerprint density at radius 1 is 1.35 bits per heavy atom. The SMILES string of the molecule is CCN1CCC(CC2(C)NCC(C)(C)CO2)C1. The molecule has 2 unspecified atom stereocenters. The Bertz CT molecular complexity index is 255. The fourth-order valence-corrected chi connectivity index (χ4v) is 2.93. The molecule has 0 bridgehead atoms. The molecule has 2 aliphatic rings. The number of ether oxygens (including phenoxy) is 1. The van der Waals surface area contributed by atoms with Crippen LogP contribution in [0.15, 0.2) is 0 Å². The first-order valence-electron chi connectivity index (χ1n) is 7.04. The quantitative estimate of drug-likeness (QED) is 0.817. The van der Waals surface area contributed by atoms with Gasteiger partial charge in [0.1, 0.15) is 5.72 Å². The summed E-state index contributed by atoms with van der Waals surface area (Å²) in [6.07, 6.45) is 2.48. The van der Waals surface area contributed by atoms with E-state index in [2.05, 4.69) is 37.9 Å². The summed E-state index contributed by atoms with van der Waals surface area (Å²) in [5, 5.41) is 3.60. The topological polar surface area (TPSA) is 24.5 Å².